The lowest BCUT2D eigenvalue weighted by Gasteiger charge is -2.46. The second-order valence-corrected chi connectivity index (χ2v) is 19.3. The van der Waals surface area contributed by atoms with Gasteiger partial charge in [-0.25, -0.2) is 4.68 Å². The van der Waals surface area contributed by atoms with Gasteiger partial charge in [0.05, 0.1) is 78.9 Å². The summed E-state index contributed by atoms with van der Waals surface area (Å²) in [4.78, 5) is 38.7. The maximum Gasteiger partial charge on any atom is 0.308 e. The minimum Gasteiger partial charge on any atom is -0.462 e. The fraction of sp³-hybridized carbons (Fsp3) is 0.647. The SMILES string of the molecule is CC[C@H]1OC(=O)C[C@@H](O)[C@H](C)C(O[C@@H]2O[C@H](C)[C@@H](O)[C@H](N(C)C)[C@H]2O)C(CC=O)C[C@@H](C)C(=N\OCc2cn(-c3cnc4ccccc4c3)nn2)/C=C/C(C)=C/[C@@H]1CO[C@@H]1O[C@H](C)[C@@H](O)[C@@H](OC)[C@H]1OC. The first-order valence-corrected chi connectivity index (χ1v) is 24.5. The minimum atomic E-state index is -1.34. The molecule has 20 heteroatoms. The van der Waals surface area contributed by atoms with Crippen LogP contribution < -0.4 is 0 Å². The quantitative estimate of drug-likeness (QED) is 0.0963. The van der Waals surface area contributed by atoms with E-state index in [1.807, 2.05) is 69.3 Å². The highest BCUT2D eigenvalue weighted by molar-refractivity contribution is 5.96. The number of aliphatic hydroxyl groups is 4. The maximum atomic E-state index is 13.9. The first-order chi connectivity index (χ1) is 34.0. The smallest absolute Gasteiger partial charge is 0.308 e. The van der Waals surface area contributed by atoms with Gasteiger partial charge >= 0.3 is 5.97 Å². The monoisotopic (exact) mass is 995 g/mol. The zero-order valence-corrected chi connectivity index (χ0v) is 42.5. The van der Waals surface area contributed by atoms with Crippen LogP contribution in [0.3, 0.4) is 0 Å². The van der Waals surface area contributed by atoms with Gasteiger partial charge in [-0.15, -0.1) is 5.10 Å². The molecule has 3 aliphatic rings. The number of cyclic esters (lactones) is 1. The molecular formula is C51H74N6O14. The van der Waals surface area contributed by atoms with Gasteiger partial charge in [-0.2, -0.15) is 0 Å². The molecule has 0 amide bonds. The van der Waals surface area contributed by atoms with Gasteiger partial charge < -0.3 is 68.1 Å². The van der Waals surface area contributed by atoms with Crippen molar-refractivity contribution >= 4 is 28.9 Å². The zero-order valence-electron chi connectivity index (χ0n) is 42.5. The van der Waals surface area contributed by atoms with E-state index in [-0.39, 0.29) is 26.1 Å². The number of ether oxygens (including phenoxy) is 7. The third kappa shape index (κ3) is 13.9. The number of oxime groups is 1. The lowest BCUT2D eigenvalue weighted by Crippen LogP contribution is -2.63. The molecule has 1 aromatic carbocycles. The Morgan fingerprint density at radius 1 is 0.944 bits per heavy atom. The number of rotatable bonds is 15. The van der Waals surface area contributed by atoms with Crippen LogP contribution in [0.15, 0.2) is 71.7 Å². The Labute approximate surface area is 415 Å². The Bertz CT molecular complexity index is 2280. The summed E-state index contributed by atoms with van der Waals surface area (Å²) >= 11 is 0. The van der Waals surface area contributed by atoms with Crippen LogP contribution >= 0.6 is 0 Å². The summed E-state index contributed by atoms with van der Waals surface area (Å²) in [6, 6.07) is 8.97. The van der Waals surface area contributed by atoms with Gasteiger partial charge in [0.1, 0.15) is 42.5 Å². The Morgan fingerprint density at radius 3 is 2.37 bits per heavy atom. The predicted octanol–water partition coefficient (Wildman–Crippen LogP) is 3.70. The Balaban J connectivity index is 1.34. The number of hydrogen-bond donors (Lipinski definition) is 4. The van der Waals surface area contributed by atoms with Gasteiger partial charge in [0.15, 0.2) is 19.2 Å². The number of allylic oxidation sites excluding steroid dienone is 3. The van der Waals surface area contributed by atoms with Crippen molar-refractivity contribution in [2.75, 3.05) is 34.9 Å². The molecule has 2 unspecified atom stereocenters. The van der Waals surface area contributed by atoms with E-state index in [9.17, 15) is 30.0 Å². The molecule has 6 rings (SSSR count). The Kier molecular flexibility index (Phi) is 20.3. The van der Waals surface area contributed by atoms with Crippen molar-refractivity contribution in [3.63, 3.8) is 0 Å². The molecule has 71 heavy (non-hydrogen) atoms. The van der Waals surface area contributed by atoms with E-state index < -0.39 is 116 Å². The van der Waals surface area contributed by atoms with Crippen molar-refractivity contribution in [3.05, 3.63) is 72.2 Å². The van der Waals surface area contributed by atoms with Crippen LogP contribution in [0.1, 0.15) is 72.9 Å². The number of para-hydroxylation sites is 1. The lowest BCUT2D eigenvalue weighted by atomic mass is 9.79. The molecule has 392 valence electrons. The minimum absolute atomic E-state index is 0.00414. The molecule has 0 bridgehead atoms. The van der Waals surface area contributed by atoms with E-state index in [0.29, 0.717) is 17.8 Å². The summed E-state index contributed by atoms with van der Waals surface area (Å²) in [5.74, 6) is -3.06. The van der Waals surface area contributed by atoms with Gasteiger partial charge in [-0.05, 0) is 71.8 Å². The van der Waals surface area contributed by atoms with Crippen LogP contribution in [-0.2, 0) is 54.2 Å². The molecule has 0 aliphatic carbocycles. The van der Waals surface area contributed by atoms with Crippen LogP contribution in [0.4, 0.5) is 0 Å². The van der Waals surface area contributed by atoms with Crippen LogP contribution in [0, 0.1) is 23.7 Å². The van der Waals surface area contributed by atoms with Crippen molar-refractivity contribution in [2.45, 2.75) is 153 Å². The number of aromatic nitrogens is 4. The van der Waals surface area contributed by atoms with E-state index >= 15 is 0 Å². The van der Waals surface area contributed by atoms with Gasteiger partial charge in [-0.1, -0.05) is 67.1 Å². The summed E-state index contributed by atoms with van der Waals surface area (Å²) < 4.78 is 44.2. The van der Waals surface area contributed by atoms with E-state index in [1.54, 1.807) is 56.8 Å². The number of nitrogens with zero attached hydrogens (tertiary/aromatic N) is 6. The summed E-state index contributed by atoms with van der Waals surface area (Å²) in [6.07, 6.45) is -1.45. The molecule has 17 atom stereocenters. The molecule has 0 spiro atoms. The molecule has 4 N–H and O–H groups in total. The molecule has 3 aliphatic heterocycles. The van der Waals surface area contributed by atoms with E-state index in [0.717, 1.165) is 28.4 Å². The van der Waals surface area contributed by atoms with Crippen molar-refractivity contribution in [2.24, 2.45) is 28.8 Å². The van der Waals surface area contributed by atoms with Gasteiger partial charge in [0.2, 0.25) is 0 Å². The maximum absolute atomic E-state index is 13.9. The van der Waals surface area contributed by atoms with Crippen molar-refractivity contribution < 1.29 is 68.0 Å². The number of likely N-dealkylation sites (N-methyl/N-ethyl adjacent to an activating group) is 1. The third-order valence-corrected chi connectivity index (χ3v) is 13.9. The number of carbonyl (C=O) groups is 2. The second-order valence-electron chi connectivity index (χ2n) is 19.3. The van der Waals surface area contributed by atoms with E-state index in [1.165, 1.54) is 14.2 Å². The van der Waals surface area contributed by atoms with Crippen LogP contribution in [0.25, 0.3) is 16.6 Å². The fourth-order valence-electron chi connectivity index (χ4n) is 9.74. The number of esters is 1. The van der Waals surface area contributed by atoms with Gasteiger partial charge in [-0.3, -0.25) is 9.78 Å². The fourth-order valence-corrected chi connectivity index (χ4v) is 9.74. The average Bonchev–Trinajstić information content (AvgIpc) is 3.82. The first kappa shape index (κ1) is 55.7. The molecule has 20 nitrogen and oxygen atoms in total. The molecule has 0 saturated carbocycles. The van der Waals surface area contributed by atoms with Crippen molar-refractivity contribution in [1.29, 1.82) is 0 Å². The normalized spacial score (nSPS) is 36.5. The second kappa shape index (κ2) is 25.9. The Hall–Kier alpha value is -4.58. The van der Waals surface area contributed by atoms with Crippen LogP contribution in [-0.4, -0.2) is 178 Å². The highest BCUT2D eigenvalue weighted by Crippen LogP contribution is 2.35. The topological polar surface area (TPSA) is 248 Å². The number of benzene rings is 1. The molecular weight excluding hydrogens is 921 g/mol. The summed E-state index contributed by atoms with van der Waals surface area (Å²) in [7, 11) is 6.42. The van der Waals surface area contributed by atoms with E-state index in [4.69, 9.17) is 38.0 Å². The number of carbonyl (C=O) groups excluding carboxylic acids is 2. The molecule has 0 radical (unpaired) electrons. The summed E-state index contributed by atoms with van der Waals surface area (Å²) in [5, 5.41) is 59.5. The summed E-state index contributed by atoms with van der Waals surface area (Å²) in [5.41, 5.74) is 3.33. The van der Waals surface area contributed by atoms with Crippen molar-refractivity contribution in [1.82, 2.24) is 24.9 Å². The highest BCUT2D eigenvalue weighted by atomic mass is 16.7. The van der Waals surface area contributed by atoms with Crippen molar-refractivity contribution in [3.8, 4) is 5.69 Å². The summed E-state index contributed by atoms with van der Waals surface area (Å²) in [6.45, 7) is 10.8. The number of fused-ring (bicyclic) bond motifs is 1. The van der Waals surface area contributed by atoms with Crippen LogP contribution in [0.5, 0.6) is 0 Å². The van der Waals surface area contributed by atoms with Crippen LogP contribution in [0.2, 0.25) is 0 Å². The number of hydrogen-bond acceptors (Lipinski definition) is 19. The standard InChI is InChI=1S/C51H74N6O14/c1-11-41-35(26-66-51-49(65-10)48(64-9)45(62)32(6)69-51)20-28(2)16-17-38(54-67-27-36-25-57(55-53-36)37-22-33-14-12-13-15-39(33)52-24-37)29(3)21-34(18-19-58)47(30(4)40(59)23-42(60)70-41)71-50-46(63)43(56(7)8)44(61)31(5)68-50/h12-17,19-20,22,24-25,29-32,34-35,40-41,43-51,59,61-63H,11,18,21,23,26-27H2,1-10H3/b17-16+,28-20+,54-38-/t29-,30+,31-,32-,34?,35-,40-,41-,43+,44-,45-,46-,47?,48-,49-,50+,51-/m1/s1. The number of pyridine rings is 1. The number of aliphatic hydroxyl groups excluding tert-OH is 4. The lowest BCUT2D eigenvalue weighted by molar-refractivity contribution is -0.304. The number of methoxy groups -OCH3 is 2. The van der Waals surface area contributed by atoms with E-state index in [2.05, 4.69) is 20.5 Å². The first-order valence-electron chi connectivity index (χ1n) is 24.5. The third-order valence-electron chi connectivity index (χ3n) is 13.9. The predicted molar refractivity (Wildman–Crippen MR) is 260 cm³/mol. The van der Waals surface area contributed by atoms with Gasteiger partial charge in [0, 0.05) is 43.8 Å². The molecule has 5 heterocycles. The average molecular weight is 995 g/mol. The number of aldehydes is 1. The molecule has 2 aromatic heterocycles. The molecule has 2 saturated heterocycles. The highest BCUT2D eigenvalue weighted by Gasteiger charge is 2.48. The molecule has 3 aromatic rings. The Morgan fingerprint density at radius 2 is 1.66 bits per heavy atom. The largest absolute Gasteiger partial charge is 0.462 e. The molecule has 2 fully saturated rings. The zero-order chi connectivity index (χ0) is 51.5. The van der Waals surface area contributed by atoms with Gasteiger partial charge in [0.25, 0.3) is 0 Å².